The van der Waals surface area contributed by atoms with Gasteiger partial charge in [-0.05, 0) is 24.5 Å². The second kappa shape index (κ2) is 6.09. The Morgan fingerprint density at radius 1 is 1.32 bits per heavy atom. The van der Waals surface area contributed by atoms with Gasteiger partial charge in [-0.3, -0.25) is 19.5 Å². The first-order valence-electron chi connectivity index (χ1n) is 9.16. The quantitative estimate of drug-likeness (QED) is 0.804. The smallest absolute Gasteiger partial charge is 0.227 e. The average molecular weight is 342 g/mol. The molecular formula is C19H26N4O2. The zero-order valence-corrected chi connectivity index (χ0v) is 15.0. The molecule has 6 heteroatoms. The van der Waals surface area contributed by atoms with Gasteiger partial charge in [0.15, 0.2) is 0 Å². The molecule has 1 spiro atoms. The molecule has 0 saturated carbocycles. The third-order valence-corrected chi connectivity index (χ3v) is 6.61. The molecule has 3 fully saturated rings. The maximum Gasteiger partial charge on any atom is 0.227 e. The Balaban J connectivity index is 1.51. The van der Waals surface area contributed by atoms with Crippen LogP contribution in [0.25, 0.3) is 0 Å². The minimum Gasteiger partial charge on any atom is -0.343 e. The van der Waals surface area contributed by atoms with Crippen LogP contribution in [0.5, 0.6) is 0 Å². The first kappa shape index (κ1) is 16.5. The normalized spacial score (nSPS) is 28.6. The van der Waals surface area contributed by atoms with Crippen molar-refractivity contribution in [2.45, 2.75) is 31.8 Å². The molecule has 0 unspecified atom stereocenters. The van der Waals surface area contributed by atoms with Crippen LogP contribution in [-0.2, 0) is 16.1 Å². The number of piperidine rings is 1. The van der Waals surface area contributed by atoms with E-state index < -0.39 is 0 Å². The van der Waals surface area contributed by atoms with Crippen molar-refractivity contribution in [1.29, 1.82) is 0 Å². The number of pyridine rings is 1. The molecule has 1 aromatic heterocycles. The van der Waals surface area contributed by atoms with Crippen molar-refractivity contribution in [3.63, 3.8) is 0 Å². The van der Waals surface area contributed by atoms with E-state index in [1.54, 1.807) is 13.1 Å². The van der Waals surface area contributed by atoms with Crippen LogP contribution in [0.15, 0.2) is 24.5 Å². The highest BCUT2D eigenvalue weighted by molar-refractivity contribution is 5.83. The molecule has 3 aliphatic heterocycles. The molecule has 0 bridgehead atoms. The number of rotatable bonds is 2. The highest BCUT2D eigenvalue weighted by atomic mass is 16.2. The molecule has 2 atom stereocenters. The van der Waals surface area contributed by atoms with E-state index in [0.29, 0.717) is 5.92 Å². The zero-order valence-electron chi connectivity index (χ0n) is 15.0. The molecular weight excluding hydrogens is 316 g/mol. The lowest BCUT2D eigenvalue weighted by Gasteiger charge is -2.46. The second-order valence-electron chi connectivity index (χ2n) is 7.78. The van der Waals surface area contributed by atoms with Gasteiger partial charge in [-0.1, -0.05) is 6.07 Å². The van der Waals surface area contributed by atoms with Crippen LogP contribution in [0, 0.1) is 11.8 Å². The van der Waals surface area contributed by atoms with Crippen molar-refractivity contribution in [2.75, 3.05) is 33.2 Å². The van der Waals surface area contributed by atoms with Crippen molar-refractivity contribution in [2.24, 2.45) is 11.8 Å². The molecule has 0 N–H and O–H groups in total. The fourth-order valence-electron chi connectivity index (χ4n) is 5.19. The van der Waals surface area contributed by atoms with Crippen molar-refractivity contribution in [3.8, 4) is 0 Å². The van der Waals surface area contributed by atoms with Crippen molar-refractivity contribution in [3.05, 3.63) is 30.1 Å². The monoisotopic (exact) mass is 342 g/mol. The van der Waals surface area contributed by atoms with E-state index in [9.17, 15) is 9.59 Å². The summed E-state index contributed by atoms with van der Waals surface area (Å²) >= 11 is 0. The first-order chi connectivity index (χ1) is 12.0. The Morgan fingerprint density at radius 3 is 2.72 bits per heavy atom. The third kappa shape index (κ3) is 2.63. The summed E-state index contributed by atoms with van der Waals surface area (Å²) in [6.07, 6.45) is 5.50. The fourth-order valence-corrected chi connectivity index (χ4v) is 5.19. The van der Waals surface area contributed by atoms with Crippen molar-refractivity contribution < 1.29 is 9.59 Å². The van der Waals surface area contributed by atoms with Gasteiger partial charge in [-0.25, -0.2) is 0 Å². The number of hydrogen-bond donors (Lipinski definition) is 0. The summed E-state index contributed by atoms with van der Waals surface area (Å²) in [6, 6.07) is 4.06. The van der Waals surface area contributed by atoms with Gasteiger partial charge in [0.25, 0.3) is 0 Å². The van der Waals surface area contributed by atoms with Crippen LogP contribution in [0.3, 0.4) is 0 Å². The SMILES string of the molecule is CC(=O)N1CCC2(CC1)[C@H]1CN(Cc3cccnc3)C[C@H]1C(=O)N2C. The lowest BCUT2D eigenvalue weighted by atomic mass is 9.75. The Kier molecular flexibility index (Phi) is 4.02. The molecule has 1 aromatic rings. The Bertz CT molecular complexity index is 669. The molecule has 2 amide bonds. The number of aromatic nitrogens is 1. The number of amides is 2. The number of nitrogens with zero attached hydrogens (tertiary/aromatic N) is 4. The van der Waals surface area contributed by atoms with Gasteiger partial charge < -0.3 is 9.80 Å². The molecule has 0 radical (unpaired) electrons. The van der Waals surface area contributed by atoms with Crippen LogP contribution in [0.2, 0.25) is 0 Å². The fraction of sp³-hybridized carbons (Fsp3) is 0.632. The van der Waals surface area contributed by atoms with E-state index in [1.165, 1.54) is 5.56 Å². The molecule has 4 rings (SSSR count). The third-order valence-electron chi connectivity index (χ3n) is 6.61. The Labute approximate surface area is 148 Å². The predicted molar refractivity (Wildman–Crippen MR) is 93.5 cm³/mol. The maximum absolute atomic E-state index is 12.9. The molecule has 6 nitrogen and oxygen atoms in total. The van der Waals surface area contributed by atoms with Gasteiger partial charge in [-0.15, -0.1) is 0 Å². The topological polar surface area (TPSA) is 56.8 Å². The summed E-state index contributed by atoms with van der Waals surface area (Å²) in [7, 11) is 1.97. The molecule has 0 aromatic carbocycles. The van der Waals surface area contributed by atoms with E-state index >= 15 is 0 Å². The highest BCUT2D eigenvalue weighted by Crippen LogP contribution is 2.49. The van der Waals surface area contributed by atoms with E-state index in [0.717, 1.165) is 45.6 Å². The number of likely N-dealkylation sites (tertiary alicyclic amines) is 3. The van der Waals surface area contributed by atoms with Crippen molar-refractivity contribution in [1.82, 2.24) is 19.7 Å². The lowest BCUT2D eigenvalue weighted by molar-refractivity contribution is -0.136. The standard InChI is InChI=1S/C19H26N4O2/c1-14(24)23-8-5-19(6-9-23)17-13-22(11-15-4-3-7-20-10-15)12-16(17)18(25)21(19)2/h3-4,7,10,16-17H,5-6,8-9,11-13H2,1-2H3/t16-,17+/m1/s1. The zero-order chi connectivity index (χ0) is 17.6. The van der Waals surface area contributed by atoms with E-state index in [1.807, 2.05) is 29.1 Å². The maximum atomic E-state index is 12.9. The Hall–Kier alpha value is -1.95. The van der Waals surface area contributed by atoms with Gasteiger partial charge in [0.2, 0.25) is 11.8 Å². The van der Waals surface area contributed by atoms with Gasteiger partial charge in [0, 0.05) is 65.0 Å². The van der Waals surface area contributed by atoms with Crippen LogP contribution in [0.4, 0.5) is 0 Å². The van der Waals surface area contributed by atoms with Crippen LogP contribution >= 0.6 is 0 Å². The van der Waals surface area contributed by atoms with Gasteiger partial charge >= 0.3 is 0 Å². The predicted octanol–water partition coefficient (Wildman–Crippen LogP) is 0.983. The number of fused-ring (bicyclic) bond motifs is 2. The number of carbonyl (C=O) groups is 2. The minimum absolute atomic E-state index is 0.0720. The summed E-state index contributed by atoms with van der Waals surface area (Å²) in [5.74, 6) is 0.902. The summed E-state index contributed by atoms with van der Waals surface area (Å²) in [5.41, 5.74) is 1.13. The van der Waals surface area contributed by atoms with Gasteiger partial charge in [0.1, 0.15) is 0 Å². The second-order valence-corrected chi connectivity index (χ2v) is 7.78. The minimum atomic E-state index is -0.0720. The number of hydrogen-bond acceptors (Lipinski definition) is 4. The Morgan fingerprint density at radius 2 is 2.08 bits per heavy atom. The molecule has 3 aliphatic rings. The summed E-state index contributed by atoms with van der Waals surface area (Å²) < 4.78 is 0. The number of carbonyl (C=O) groups excluding carboxylic acids is 2. The van der Waals surface area contributed by atoms with E-state index in [4.69, 9.17) is 0 Å². The van der Waals surface area contributed by atoms with Gasteiger partial charge in [-0.2, -0.15) is 0 Å². The van der Waals surface area contributed by atoms with Gasteiger partial charge in [0.05, 0.1) is 11.5 Å². The molecule has 3 saturated heterocycles. The molecule has 0 aliphatic carbocycles. The molecule has 25 heavy (non-hydrogen) atoms. The van der Waals surface area contributed by atoms with E-state index in [2.05, 4.69) is 16.0 Å². The van der Waals surface area contributed by atoms with Crippen LogP contribution in [0.1, 0.15) is 25.3 Å². The van der Waals surface area contributed by atoms with Crippen LogP contribution in [-0.4, -0.2) is 70.3 Å². The lowest BCUT2D eigenvalue weighted by Crippen LogP contribution is -2.56. The summed E-state index contributed by atoms with van der Waals surface area (Å²) in [4.78, 5) is 35.1. The molecule has 4 heterocycles. The largest absolute Gasteiger partial charge is 0.343 e. The van der Waals surface area contributed by atoms with Crippen molar-refractivity contribution >= 4 is 11.8 Å². The molecule has 134 valence electrons. The van der Waals surface area contributed by atoms with E-state index in [-0.39, 0.29) is 23.3 Å². The summed E-state index contributed by atoms with van der Waals surface area (Å²) in [6.45, 7) is 5.80. The average Bonchev–Trinajstić information content (AvgIpc) is 3.11. The van der Waals surface area contributed by atoms with Crippen LogP contribution < -0.4 is 0 Å². The highest BCUT2D eigenvalue weighted by Gasteiger charge is 2.60. The first-order valence-corrected chi connectivity index (χ1v) is 9.16. The summed E-state index contributed by atoms with van der Waals surface area (Å²) in [5, 5.41) is 0.